The van der Waals surface area contributed by atoms with E-state index in [1.54, 1.807) is 17.1 Å². The van der Waals surface area contributed by atoms with Crippen molar-refractivity contribution in [3.05, 3.63) is 61.2 Å². The van der Waals surface area contributed by atoms with Crippen molar-refractivity contribution in [2.24, 2.45) is 17.3 Å². The molecule has 6 atom stereocenters. The summed E-state index contributed by atoms with van der Waals surface area (Å²) in [4.78, 5) is 58.5. The smallest absolute Gasteiger partial charge is 0.313 e. The molecule has 3 aliphatic rings. The quantitative estimate of drug-likeness (QED) is 0.220. The zero-order valence-electron chi connectivity index (χ0n) is 28.0. The van der Waals surface area contributed by atoms with Gasteiger partial charge in [0.25, 0.3) is 0 Å². The summed E-state index contributed by atoms with van der Waals surface area (Å²) >= 11 is 0. The Balaban J connectivity index is 1.64. The molecule has 0 aromatic heterocycles. The van der Waals surface area contributed by atoms with Gasteiger partial charge in [-0.1, -0.05) is 63.3 Å². The molecule has 4 rings (SSSR count). The minimum atomic E-state index is -1.23. The van der Waals surface area contributed by atoms with Crippen molar-refractivity contribution in [2.45, 2.75) is 96.1 Å². The van der Waals surface area contributed by atoms with Crippen LogP contribution in [0.25, 0.3) is 0 Å². The molecule has 0 aliphatic carbocycles. The lowest BCUT2D eigenvalue weighted by Gasteiger charge is -2.45. The zero-order chi connectivity index (χ0) is 33.9. The second-order valence-corrected chi connectivity index (χ2v) is 14.6. The Hall–Kier alpha value is -3.50. The molecule has 2 N–H and O–H groups in total. The van der Waals surface area contributed by atoms with E-state index in [1.165, 1.54) is 4.90 Å². The minimum Gasteiger partial charge on any atom is -0.455 e. The lowest BCUT2D eigenvalue weighted by Crippen LogP contribution is -2.61. The van der Waals surface area contributed by atoms with E-state index in [1.807, 2.05) is 44.2 Å². The average molecular weight is 638 g/mol. The van der Waals surface area contributed by atoms with E-state index >= 15 is 0 Å². The Morgan fingerprint density at radius 1 is 1.17 bits per heavy atom. The Morgan fingerprint density at radius 3 is 2.48 bits per heavy atom. The minimum absolute atomic E-state index is 0.0604. The van der Waals surface area contributed by atoms with Gasteiger partial charge >= 0.3 is 5.97 Å². The van der Waals surface area contributed by atoms with Crippen LogP contribution < -0.4 is 5.32 Å². The summed E-state index contributed by atoms with van der Waals surface area (Å²) in [7, 11) is 0. The average Bonchev–Trinajstić information content (AvgIpc) is 3.63. The number of carbonyl (C=O) groups is 4. The zero-order valence-corrected chi connectivity index (χ0v) is 28.0. The number of rotatable bonds is 15. The van der Waals surface area contributed by atoms with Crippen LogP contribution in [0, 0.1) is 17.3 Å². The molecule has 3 saturated heterocycles. The number of likely N-dealkylation sites (tertiary alicyclic amines) is 1. The molecule has 1 aromatic carbocycles. The molecular weight excluding hydrogens is 586 g/mol. The molecular formula is C36H51N3O7. The number of esters is 1. The summed E-state index contributed by atoms with van der Waals surface area (Å²) in [5.41, 5.74) is -1.19. The van der Waals surface area contributed by atoms with Crippen LogP contribution in [-0.2, 0) is 28.7 Å². The second-order valence-electron chi connectivity index (χ2n) is 14.6. The van der Waals surface area contributed by atoms with Gasteiger partial charge in [-0.15, -0.1) is 13.2 Å². The number of nitrogens with zero attached hydrogens (tertiary/aromatic N) is 2. The van der Waals surface area contributed by atoms with Gasteiger partial charge in [-0.05, 0) is 50.5 Å². The van der Waals surface area contributed by atoms with Crippen molar-refractivity contribution < 1.29 is 33.8 Å². The number of fused-ring (bicyclic) bond motifs is 1. The van der Waals surface area contributed by atoms with Crippen molar-refractivity contribution in [3.63, 3.8) is 0 Å². The van der Waals surface area contributed by atoms with Gasteiger partial charge < -0.3 is 29.7 Å². The molecule has 3 amide bonds. The first kappa shape index (κ1) is 35.4. The number of amides is 3. The molecule has 0 unspecified atom stereocenters. The highest BCUT2D eigenvalue weighted by Crippen LogP contribution is 2.59. The van der Waals surface area contributed by atoms with Gasteiger partial charge in [0, 0.05) is 25.0 Å². The fourth-order valence-corrected chi connectivity index (χ4v) is 8.00. The molecule has 252 valence electrons. The number of β-amino-alcohol motifs (C(OH)–C–C–N with tert-alkyl or cyclic N) is 1. The summed E-state index contributed by atoms with van der Waals surface area (Å²) in [5, 5.41) is 12.8. The molecule has 0 saturated carbocycles. The molecule has 3 heterocycles. The van der Waals surface area contributed by atoms with Crippen molar-refractivity contribution in [1.29, 1.82) is 0 Å². The molecule has 1 spiro atoms. The number of hydrogen-bond acceptors (Lipinski definition) is 7. The SMILES string of the molecule is C=CCCC(=O)NC[C@@H](OC(=O)[C@@H]1[C@@H]2CC[C@]3(O2)[C@H](C(=O)N(CC=C)C(C)(C)CC(C)(C)C)N(CCO)C(=O)[C@@H]13)c1ccccc1. The van der Waals surface area contributed by atoms with Gasteiger partial charge in [-0.2, -0.15) is 0 Å². The maximum absolute atomic E-state index is 14.6. The van der Waals surface area contributed by atoms with Crippen molar-refractivity contribution in [3.8, 4) is 0 Å². The van der Waals surface area contributed by atoms with E-state index < -0.39 is 53.1 Å². The van der Waals surface area contributed by atoms with Crippen molar-refractivity contribution in [1.82, 2.24) is 15.1 Å². The lowest BCUT2D eigenvalue weighted by atomic mass is 9.70. The van der Waals surface area contributed by atoms with Crippen LogP contribution in [0.2, 0.25) is 0 Å². The lowest BCUT2D eigenvalue weighted by molar-refractivity contribution is -0.160. The fraction of sp³-hybridized carbons (Fsp3) is 0.611. The van der Waals surface area contributed by atoms with E-state index in [0.29, 0.717) is 31.2 Å². The van der Waals surface area contributed by atoms with Gasteiger partial charge in [-0.25, -0.2) is 0 Å². The summed E-state index contributed by atoms with van der Waals surface area (Å²) in [5.74, 6) is -3.33. The Bertz CT molecular complexity index is 1310. The van der Waals surface area contributed by atoms with Gasteiger partial charge in [0.1, 0.15) is 17.7 Å². The number of hydrogen-bond donors (Lipinski definition) is 2. The molecule has 46 heavy (non-hydrogen) atoms. The third kappa shape index (κ3) is 7.08. The second kappa shape index (κ2) is 14.1. The summed E-state index contributed by atoms with van der Waals surface area (Å²) < 4.78 is 12.7. The van der Waals surface area contributed by atoms with Crippen molar-refractivity contribution in [2.75, 3.05) is 26.2 Å². The van der Waals surface area contributed by atoms with Crippen LogP contribution in [-0.4, -0.2) is 88.1 Å². The van der Waals surface area contributed by atoms with Crippen LogP contribution in [0.4, 0.5) is 0 Å². The fourth-order valence-electron chi connectivity index (χ4n) is 8.00. The van der Waals surface area contributed by atoms with Gasteiger partial charge in [0.2, 0.25) is 17.7 Å². The van der Waals surface area contributed by atoms with Crippen LogP contribution in [0.5, 0.6) is 0 Å². The van der Waals surface area contributed by atoms with Gasteiger partial charge in [0.15, 0.2) is 0 Å². The third-order valence-corrected chi connectivity index (χ3v) is 9.41. The Morgan fingerprint density at radius 2 is 1.87 bits per heavy atom. The third-order valence-electron chi connectivity index (χ3n) is 9.41. The molecule has 0 radical (unpaired) electrons. The number of nitrogens with one attached hydrogen (secondary N) is 1. The molecule has 2 bridgehead atoms. The summed E-state index contributed by atoms with van der Waals surface area (Å²) in [6.07, 6.45) is 4.36. The topological polar surface area (TPSA) is 125 Å². The first-order chi connectivity index (χ1) is 21.7. The van der Waals surface area contributed by atoms with E-state index in [0.717, 1.165) is 0 Å². The largest absolute Gasteiger partial charge is 0.455 e. The predicted molar refractivity (Wildman–Crippen MR) is 174 cm³/mol. The van der Waals surface area contributed by atoms with E-state index in [-0.39, 0.29) is 49.9 Å². The highest BCUT2D eigenvalue weighted by Gasteiger charge is 2.75. The number of ether oxygens (including phenoxy) is 2. The number of benzene rings is 1. The van der Waals surface area contributed by atoms with Crippen LogP contribution >= 0.6 is 0 Å². The molecule has 3 fully saturated rings. The van der Waals surface area contributed by atoms with E-state index in [4.69, 9.17) is 9.47 Å². The maximum atomic E-state index is 14.6. The normalized spacial score (nSPS) is 26.0. The van der Waals surface area contributed by atoms with Gasteiger partial charge in [0.05, 0.1) is 31.1 Å². The summed E-state index contributed by atoms with van der Waals surface area (Å²) in [6.45, 7) is 17.8. The molecule has 10 heteroatoms. The maximum Gasteiger partial charge on any atom is 0.313 e. The van der Waals surface area contributed by atoms with Gasteiger partial charge in [-0.3, -0.25) is 19.2 Å². The van der Waals surface area contributed by atoms with E-state index in [9.17, 15) is 24.3 Å². The first-order valence-electron chi connectivity index (χ1n) is 16.4. The predicted octanol–water partition coefficient (Wildman–Crippen LogP) is 3.95. The Kier molecular flexibility index (Phi) is 10.8. The summed E-state index contributed by atoms with van der Waals surface area (Å²) in [6, 6.07) is 8.13. The van der Waals surface area contributed by atoms with Crippen LogP contribution in [0.3, 0.4) is 0 Å². The highest BCUT2D eigenvalue weighted by atomic mass is 16.6. The molecule has 10 nitrogen and oxygen atoms in total. The van der Waals surface area contributed by atoms with Crippen LogP contribution in [0.1, 0.15) is 78.4 Å². The number of aliphatic hydroxyl groups is 1. The number of carbonyl (C=O) groups excluding carboxylic acids is 4. The van der Waals surface area contributed by atoms with Crippen LogP contribution in [0.15, 0.2) is 55.6 Å². The number of aliphatic hydroxyl groups excluding tert-OH is 1. The Labute approximate surface area is 273 Å². The number of allylic oxidation sites excluding steroid dienone is 1. The molecule has 1 aromatic rings. The van der Waals surface area contributed by atoms with Crippen molar-refractivity contribution >= 4 is 23.7 Å². The highest BCUT2D eigenvalue weighted by molar-refractivity contribution is 5.98. The van der Waals surface area contributed by atoms with E-state index in [2.05, 4.69) is 39.2 Å². The molecule has 3 aliphatic heterocycles. The first-order valence-corrected chi connectivity index (χ1v) is 16.4. The standard InChI is InChI=1S/C36H51N3O7/c1-8-10-16-27(41)37-22-26(24-14-12-11-13-15-24)45-33(44)28-25-17-18-36(46-25)29(28)31(42)38(20-21-40)30(36)32(43)39(19-9-2)35(6,7)23-34(3,4)5/h8-9,11-15,25-26,28-30,40H,1-2,10,16-23H2,3-7H3,(H,37,41)/t25-,26+,28+,29+,30-,36+/m0/s1. The monoisotopic (exact) mass is 637 g/mol.